The van der Waals surface area contributed by atoms with Crippen LogP contribution in [0.2, 0.25) is 0 Å². The van der Waals surface area contributed by atoms with Gasteiger partial charge in [0.1, 0.15) is 17.2 Å². The Labute approximate surface area is 163 Å². The molecule has 0 saturated heterocycles. The molecule has 140 valence electrons. The van der Waals surface area contributed by atoms with Crippen LogP contribution in [0, 0.1) is 6.92 Å². The van der Waals surface area contributed by atoms with E-state index in [1.807, 2.05) is 25.3 Å². The summed E-state index contributed by atoms with van der Waals surface area (Å²) in [7, 11) is -1.77. The number of aromatic nitrogens is 2. The Bertz CT molecular complexity index is 827. The molecule has 27 heavy (non-hydrogen) atoms. The molecule has 0 aliphatic carbocycles. The first-order chi connectivity index (χ1) is 13.2. The van der Waals surface area contributed by atoms with Crippen LogP contribution in [0.5, 0.6) is 17.2 Å². The fraction of sp³-hybridized carbons (Fsp3) is 0.158. The van der Waals surface area contributed by atoms with Gasteiger partial charge in [-0.2, -0.15) is 0 Å². The molecule has 0 amide bonds. The largest absolute Gasteiger partial charge is 0.507 e. The van der Waals surface area contributed by atoms with Gasteiger partial charge in [0.15, 0.2) is 0 Å². The van der Waals surface area contributed by atoms with Crippen molar-refractivity contribution in [2.45, 2.75) is 18.4 Å². The molecular formula is C19H19N2O4PS. The molecule has 0 bridgehead atoms. The first kappa shape index (κ1) is 19.4. The highest BCUT2D eigenvalue weighted by molar-refractivity contribution is 7.98. The minimum absolute atomic E-state index is 0.146. The number of aromatic hydroxyl groups is 1. The standard InChI is InChI=1S/C19H19N2O4PS/c1-14-9-18(27-2)10-15(19(14)22)13-23-26(24-16-5-3-7-20-11-16)25-17-6-4-8-21-12-17/h3-12,22H,13H2,1-2H3. The average Bonchev–Trinajstić information content (AvgIpc) is 2.70. The summed E-state index contributed by atoms with van der Waals surface area (Å²) in [6.45, 7) is 2.01. The van der Waals surface area contributed by atoms with Gasteiger partial charge in [0.25, 0.3) is 0 Å². The van der Waals surface area contributed by atoms with E-state index in [1.54, 1.807) is 60.8 Å². The van der Waals surface area contributed by atoms with Crippen molar-refractivity contribution in [1.82, 2.24) is 9.97 Å². The number of nitrogens with zero attached hydrogens (tertiary/aromatic N) is 2. The fourth-order valence-electron chi connectivity index (χ4n) is 2.21. The summed E-state index contributed by atoms with van der Waals surface area (Å²) >= 11 is 1.60. The van der Waals surface area contributed by atoms with Crippen molar-refractivity contribution < 1.29 is 18.7 Å². The predicted molar refractivity (Wildman–Crippen MR) is 106 cm³/mol. The first-order valence-electron chi connectivity index (χ1n) is 8.11. The average molecular weight is 402 g/mol. The summed E-state index contributed by atoms with van der Waals surface area (Å²) in [5, 5.41) is 10.3. The summed E-state index contributed by atoms with van der Waals surface area (Å²) in [4.78, 5) is 9.11. The maximum atomic E-state index is 10.3. The van der Waals surface area contributed by atoms with Gasteiger partial charge in [-0.15, -0.1) is 11.8 Å². The van der Waals surface area contributed by atoms with Gasteiger partial charge in [0, 0.05) is 22.9 Å². The Hall–Kier alpha value is -2.34. The lowest BCUT2D eigenvalue weighted by Gasteiger charge is -2.18. The van der Waals surface area contributed by atoms with Crippen molar-refractivity contribution in [1.29, 1.82) is 0 Å². The summed E-state index contributed by atoms with van der Waals surface area (Å²) in [5.74, 6) is 1.28. The number of thioether (sulfide) groups is 1. The van der Waals surface area contributed by atoms with E-state index in [4.69, 9.17) is 13.6 Å². The van der Waals surface area contributed by atoms with Crippen molar-refractivity contribution in [3.63, 3.8) is 0 Å². The number of hydrogen-bond donors (Lipinski definition) is 1. The second kappa shape index (κ2) is 9.55. The summed E-state index contributed by atoms with van der Waals surface area (Å²) in [6, 6.07) is 10.9. The number of phenols is 1. The molecule has 0 radical (unpaired) electrons. The zero-order chi connectivity index (χ0) is 19.1. The van der Waals surface area contributed by atoms with Gasteiger partial charge >= 0.3 is 8.60 Å². The monoisotopic (exact) mass is 402 g/mol. The normalized spacial score (nSPS) is 10.8. The van der Waals surface area contributed by atoms with Gasteiger partial charge in [-0.05, 0) is 55.1 Å². The Morgan fingerprint density at radius 1 is 1.04 bits per heavy atom. The molecule has 0 aliphatic rings. The van der Waals surface area contributed by atoms with Gasteiger partial charge < -0.3 is 14.2 Å². The van der Waals surface area contributed by atoms with Crippen molar-refractivity contribution >= 4 is 20.4 Å². The first-order valence-corrected chi connectivity index (χ1v) is 10.4. The van der Waals surface area contributed by atoms with E-state index in [2.05, 4.69) is 9.97 Å². The molecule has 0 saturated carbocycles. The minimum atomic E-state index is -1.77. The molecule has 0 atom stereocenters. The maximum absolute atomic E-state index is 10.3. The molecule has 3 rings (SSSR count). The molecule has 6 nitrogen and oxygen atoms in total. The van der Waals surface area contributed by atoms with Crippen LogP contribution in [0.25, 0.3) is 0 Å². The van der Waals surface area contributed by atoms with Crippen LogP contribution in [0.15, 0.2) is 66.1 Å². The molecule has 2 aromatic heterocycles. The minimum Gasteiger partial charge on any atom is -0.507 e. The number of benzene rings is 1. The van der Waals surface area contributed by atoms with E-state index < -0.39 is 8.60 Å². The number of pyridine rings is 2. The third kappa shape index (κ3) is 5.57. The molecule has 0 fully saturated rings. The number of hydrogen-bond acceptors (Lipinski definition) is 7. The fourth-order valence-corrected chi connectivity index (χ4v) is 3.71. The van der Waals surface area contributed by atoms with E-state index in [0.717, 1.165) is 10.5 Å². The zero-order valence-corrected chi connectivity index (χ0v) is 16.6. The molecule has 0 aliphatic heterocycles. The highest BCUT2D eigenvalue weighted by Gasteiger charge is 2.19. The Kier molecular flexibility index (Phi) is 6.87. The quantitative estimate of drug-likeness (QED) is 0.414. The lowest BCUT2D eigenvalue weighted by molar-refractivity contribution is 0.252. The molecule has 3 aromatic rings. The van der Waals surface area contributed by atoms with E-state index >= 15 is 0 Å². The predicted octanol–water partition coefficient (Wildman–Crippen LogP) is 5.11. The Morgan fingerprint density at radius 2 is 1.67 bits per heavy atom. The smallest absolute Gasteiger partial charge is 0.463 e. The highest BCUT2D eigenvalue weighted by Crippen LogP contribution is 2.42. The van der Waals surface area contributed by atoms with Crippen molar-refractivity contribution in [2.24, 2.45) is 0 Å². The lowest BCUT2D eigenvalue weighted by Crippen LogP contribution is -2.01. The molecular weight excluding hydrogens is 383 g/mol. The molecule has 1 N–H and O–H groups in total. The van der Waals surface area contributed by atoms with Gasteiger partial charge in [0.05, 0.1) is 19.0 Å². The molecule has 1 aromatic carbocycles. The van der Waals surface area contributed by atoms with Crippen LogP contribution >= 0.6 is 20.4 Å². The molecule has 0 unspecified atom stereocenters. The van der Waals surface area contributed by atoms with Crippen LogP contribution < -0.4 is 9.05 Å². The van der Waals surface area contributed by atoms with Crippen molar-refractivity contribution in [3.8, 4) is 17.2 Å². The van der Waals surface area contributed by atoms with E-state index in [1.165, 1.54) is 0 Å². The second-order valence-corrected chi connectivity index (χ2v) is 7.46. The third-order valence-corrected chi connectivity index (χ3v) is 5.31. The Balaban J connectivity index is 1.76. The molecule has 8 heteroatoms. The van der Waals surface area contributed by atoms with Gasteiger partial charge in [-0.1, -0.05) is 0 Å². The van der Waals surface area contributed by atoms with Crippen molar-refractivity contribution in [2.75, 3.05) is 6.26 Å². The summed E-state index contributed by atoms with van der Waals surface area (Å²) in [5.41, 5.74) is 1.47. The van der Waals surface area contributed by atoms with Crippen LogP contribution in [0.4, 0.5) is 0 Å². The zero-order valence-electron chi connectivity index (χ0n) is 14.9. The molecule has 0 spiro atoms. The maximum Gasteiger partial charge on any atom is 0.463 e. The lowest BCUT2D eigenvalue weighted by atomic mass is 10.1. The van der Waals surface area contributed by atoms with E-state index in [-0.39, 0.29) is 12.4 Å². The second-order valence-electron chi connectivity index (χ2n) is 5.51. The molecule has 2 heterocycles. The number of rotatable bonds is 8. The van der Waals surface area contributed by atoms with E-state index in [0.29, 0.717) is 17.1 Å². The van der Waals surface area contributed by atoms with E-state index in [9.17, 15) is 5.11 Å². The van der Waals surface area contributed by atoms with Crippen LogP contribution in [0.3, 0.4) is 0 Å². The highest BCUT2D eigenvalue weighted by atomic mass is 32.2. The van der Waals surface area contributed by atoms with Gasteiger partial charge in [0.2, 0.25) is 0 Å². The topological polar surface area (TPSA) is 73.7 Å². The number of aryl methyl sites for hydroxylation is 1. The summed E-state index contributed by atoms with van der Waals surface area (Å²) < 4.78 is 17.5. The summed E-state index contributed by atoms with van der Waals surface area (Å²) in [6.07, 6.45) is 8.47. The third-order valence-electron chi connectivity index (χ3n) is 3.54. The number of phenolic OH excluding ortho intramolecular Hbond substituents is 1. The van der Waals surface area contributed by atoms with Crippen LogP contribution in [0.1, 0.15) is 11.1 Å². The van der Waals surface area contributed by atoms with Gasteiger partial charge in [-0.3, -0.25) is 14.5 Å². The van der Waals surface area contributed by atoms with Crippen LogP contribution in [-0.4, -0.2) is 21.3 Å². The SMILES string of the molecule is CSc1cc(C)c(O)c(COP(Oc2cccnc2)Oc2cccnc2)c1. The Morgan fingerprint density at radius 3 is 2.19 bits per heavy atom. The van der Waals surface area contributed by atoms with Crippen LogP contribution in [-0.2, 0) is 11.1 Å². The van der Waals surface area contributed by atoms with Gasteiger partial charge in [-0.25, -0.2) is 0 Å². The van der Waals surface area contributed by atoms with Crippen molar-refractivity contribution in [3.05, 3.63) is 72.3 Å².